The summed E-state index contributed by atoms with van der Waals surface area (Å²) in [5, 5.41) is 45.0. The van der Waals surface area contributed by atoms with Crippen LogP contribution in [-0.4, -0.2) is 355 Å². The molecular weight excluding hydrogens is 1850 g/mol. The molecule has 0 spiro atoms. The maximum atomic E-state index is 5.53. The number of aromatic nitrogens is 12. The number of aliphatic imine (C=N–C) groups is 9. The summed E-state index contributed by atoms with van der Waals surface area (Å²) in [5.41, 5.74) is 12.8. The molecule has 147 heavy (non-hydrogen) atoms. The second kappa shape index (κ2) is 34.3. The Hall–Kier alpha value is -9.99. The highest BCUT2D eigenvalue weighted by molar-refractivity contribution is 6.22. The summed E-state index contributed by atoms with van der Waals surface area (Å²) in [6, 6.07) is 7.27. The van der Waals surface area contributed by atoms with Crippen LogP contribution in [0.4, 0.5) is 0 Å². The highest BCUT2D eigenvalue weighted by atomic mass is 15.7. The monoisotopic (exact) mass is 2010 g/mol. The van der Waals surface area contributed by atoms with Gasteiger partial charge in [-0.05, 0) is 240 Å². The van der Waals surface area contributed by atoms with E-state index >= 15 is 0 Å². The quantitative estimate of drug-likeness (QED) is 0.0827. The van der Waals surface area contributed by atoms with Crippen molar-refractivity contribution >= 4 is 88.3 Å². The molecule has 0 radical (unpaired) electrons. The summed E-state index contributed by atoms with van der Waals surface area (Å²) in [5.74, 6) is 19.3. The zero-order valence-corrected chi connectivity index (χ0v) is 93.2. The molecule has 42 atom stereocenters. The molecule has 12 saturated heterocycles. The first-order valence-corrected chi connectivity index (χ1v) is 55.7. The standard InChI is InChI=1S/2C27H45N9.C21H36N12.2C15H18N6/c1-10-13(4)28-16(7)19-22(10)34-25(31-19)35-24-12(3)15(6)30-18(9)21(24)33-27(35)36-23-11(2)14(5)29-17(8)20(23)32-26(34)36;1-10-13(4)19-22(28-16(10)7)31-25-34(19)26-32-23-20(14(5)11(2)17(8)29-23)36(26)27-33-24-21(35(25)27)15(6)12(3)18(9)30-24;1-7-13-16(25-10(4)22-7)28-19-31(13)20-29-17-14(8(2)23-11(5)26-17)33(20)21-30-18-15(32(19)21)9(3)24-12(6)27-18;2*1-7-10(4)19-13(16-7)20-11(5)8(2)18-15(20)21-12(6)9(3)17-14(19)21/h2*10-24,28-30H,1-9H3;7-18,22-27H,1-6H3;2*1-6H3. The van der Waals surface area contributed by atoms with E-state index in [1.165, 1.54) is 0 Å². The van der Waals surface area contributed by atoms with E-state index in [2.05, 4.69) is 342 Å². The SMILES string of the molecule is CC1NC(C)C2C(N=C3N2C2=NC4NC(C)NC(C)C4N2C2=NC4NC(C)NC(C)C4N32)N1.CC1NC(C)C2N=C3N(C4=NC5C(C)NC(C)C(C)C5N4C4=NC5C(C)NC(C)C(C)C5N34)C2C1C.CC1NC2N=C3N(C4=NC5NC(C)C(C)C(C)C5N4C4=NC5NC(C)C(C)C(C)C5N34)C2C(C)C1C.Cc1nc2n(c1C)c1nc(C)c(C)n1c1nc(C)c(C)n21.Cc1nc2n(c1C)c1nc(C)c(C)n1c1nc(C)c(C)n21. The number of imidazole rings is 6. The number of fused-ring (bicyclic) bond motifs is 48. The van der Waals surface area contributed by atoms with Gasteiger partial charge in [-0.1, -0.05) is 62.3 Å². The molecular formula is C105H162N42. The Morgan fingerprint density at radius 3 is 0.531 bits per heavy atom. The molecule has 12 fully saturated rings. The molecule has 21 aliphatic heterocycles. The molecule has 12 N–H and O–H groups in total. The van der Waals surface area contributed by atoms with Crippen LogP contribution < -0.4 is 63.8 Å². The molecule has 42 nitrogen and oxygen atoms in total. The third-order valence-corrected chi connectivity index (χ3v) is 40.2. The summed E-state index contributed by atoms with van der Waals surface area (Å²) in [6.45, 7) is 80.4. The molecule has 21 aliphatic rings. The minimum Gasteiger partial charge on any atom is -0.309 e. The average Bonchev–Trinajstić information content (AvgIpc) is 1.83. The second-order valence-corrected chi connectivity index (χ2v) is 48.6. The maximum Gasteiger partial charge on any atom is 0.224 e. The van der Waals surface area contributed by atoms with E-state index in [4.69, 9.17) is 74.8 Å². The van der Waals surface area contributed by atoms with Crippen LogP contribution in [-0.2, 0) is 0 Å². The van der Waals surface area contributed by atoms with Gasteiger partial charge in [-0.25, -0.2) is 74.8 Å². The lowest BCUT2D eigenvalue weighted by Gasteiger charge is -2.52. The zero-order chi connectivity index (χ0) is 104. The third-order valence-electron chi connectivity index (χ3n) is 40.2. The van der Waals surface area contributed by atoms with Gasteiger partial charge >= 0.3 is 0 Å². The fourth-order valence-corrected chi connectivity index (χ4v) is 30.0. The molecule has 0 amide bonds. The molecule has 8 aromatic rings. The topological polar surface area (TPSA) is 389 Å². The summed E-state index contributed by atoms with van der Waals surface area (Å²) in [6.07, 6.45) is 0.907. The van der Waals surface area contributed by atoms with Crippen molar-refractivity contribution in [1.29, 1.82) is 0 Å². The van der Waals surface area contributed by atoms with E-state index in [9.17, 15) is 0 Å². The zero-order valence-electron chi connectivity index (χ0n) is 93.2. The van der Waals surface area contributed by atoms with Gasteiger partial charge in [0, 0.05) is 107 Å². The number of guanidine groups is 9. The van der Waals surface area contributed by atoms with Crippen LogP contribution in [0.15, 0.2) is 44.9 Å². The Bertz CT molecular complexity index is 6080. The van der Waals surface area contributed by atoms with Crippen LogP contribution in [0.2, 0.25) is 0 Å². The van der Waals surface area contributed by atoms with E-state index < -0.39 is 0 Å². The van der Waals surface area contributed by atoms with E-state index in [0.29, 0.717) is 126 Å². The number of hydrogen-bond acceptors (Lipinski definition) is 36. The van der Waals surface area contributed by atoms with Crippen molar-refractivity contribution in [2.75, 3.05) is 0 Å². The van der Waals surface area contributed by atoms with Crippen molar-refractivity contribution in [3.05, 3.63) is 68.3 Å². The van der Waals surface area contributed by atoms with Gasteiger partial charge in [0.1, 0.15) is 37.0 Å². The molecule has 29 rings (SSSR count). The third kappa shape index (κ3) is 13.7. The van der Waals surface area contributed by atoms with Gasteiger partial charge in [-0.3, -0.25) is 118 Å². The van der Waals surface area contributed by atoms with Crippen LogP contribution in [0.5, 0.6) is 0 Å². The van der Waals surface area contributed by atoms with Gasteiger partial charge in [-0.15, -0.1) is 0 Å². The normalized spacial score (nSPS) is 42.2. The predicted molar refractivity (Wildman–Crippen MR) is 576 cm³/mol. The lowest BCUT2D eigenvalue weighted by molar-refractivity contribution is 0.0864. The van der Waals surface area contributed by atoms with E-state index in [1.54, 1.807) is 0 Å². The van der Waals surface area contributed by atoms with Crippen molar-refractivity contribution in [2.45, 2.75) is 450 Å². The fourth-order valence-electron chi connectivity index (χ4n) is 30.0. The van der Waals surface area contributed by atoms with Crippen LogP contribution >= 0.6 is 0 Å². The summed E-state index contributed by atoms with van der Waals surface area (Å²) >= 11 is 0. The number of nitrogens with one attached hydrogen (secondary N) is 12. The first-order valence-electron chi connectivity index (χ1n) is 55.7. The molecule has 0 bridgehead atoms. The van der Waals surface area contributed by atoms with Gasteiger partial charge in [-0.2, -0.15) is 0 Å². The average molecular weight is 2010 g/mol. The largest absolute Gasteiger partial charge is 0.309 e. The first-order chi connectivity index (χ1) is 69.8. The molecule has 8 aromatic heterocycles. The highest BCUT2D eigenvalue weighted by Gasteiger charge is 2.69. The smallest absolute Gasteiger partial charge is 0.224 e. The van der Waals surface area contributed by atoms with Gasteiger partial charge in [0.05, 0.1) is 125 Å². The first kappa shape index (κ1) is 97.8. The van der Waals surface area contributed by atoms with Gasteiger partial charge < -0.3 is 16.0 Å². The number of aryl methyl sites for hydroxylation is 12. The molecule has 0 saturated carbocycles. The van der Waals surface area contributed by atoms with Gasteiger partial charge in [0.15, 0.2) is 0 Å². The molecule has 0 aliphatic carbocycles. The highest BCUT2D eigenvalue weighted by Crippen LogP contribution is 2.52. The second-order valence-electron chi connectivity index (χ2n) is 48.6. The minimum absolute atomic E-state index is 0.0120. The summed E-state index contributed by atoms with van der Waals surface area (Å²) < 4.78 is 12.7. The van der Waals surface area contributed by atoms with Crippen LogP contribution in [0, 0.1) is 136 Å². The lowest BCUT2D eigenvalue weighted by atomic mass is 9.78. The van der Waals surface area contributed by atoms with Gasteiger partial charge in [0.25, 0.3) is 0 Å². The minimum atomic E-state index is 0.0120. The maximum absolute atomic E-state index is 5.53. The van der Waals surface area contributed by atoms with Crippen molar-refractivity contribution < 1.29 is 0 Å². The number of hydrogen-bond donors (Lipinski definition) is 12. The Morgan fingerprint density at radius 1 is 0.156 bits per heavy atom. The Morgan fingerprint density at radius 2 is 0.327 bits per heavy atom. The van der Waals surface area contributed by atoms with Gasteiger partial charge in [0.2, 0.25) is 88.3 Å². The molecule has 792 valence electrons. The van der Waals surface area contributed by atoms with Crippen LogP contribution in [0.25, 0.3) is 34.7 Å². The van der Waals surface area contributed by atoms with Crippen molar-refractivity contribution in [3.63, 3.8) is 0 Å². The molecule has 0 aromatic carbocycles. The number of rotatable bonds is 0. The van der Waals surface area contributed by atoms with Crippen molar-refractivity contribution in [3.8, 4) is 0 Å². The molecule has 42 heteroatoms. The lowest BCUT2D eigenvalue weighted by Crippen LogP contribution is -2.76. The molecule has 29 heterocycles. The van der Waals surface area contributed by atoms with E-state index in [1.807, 2.05) is 41.5 Å². The Kier molecular flexibility index (Phi) is 22.8. The number of piperidine rings is 6. The van der Waals surface area contributed by atoms with Crippen molar-refractivity contribution in [2.24, 2.45) is 98.2 Å². The van der Waals surface area contributed by atoms with E-state index in [-0.39, 0.29) is 128 Å². The van der Waals surface area contributed by atoms with Crippen LogP contribution in [0.3, 0.4) is 0 Å². The molecule has 42 unspecified atom stereocenters. The number of nitrogens with zero attached hydrogens (tertiary/aromatic N) is 30. The predicted octanol–water partition coefficient (Wildman–Crippen LogP) is 6.01. The van der Waals surface area contributed by atoms with Crippen molar-refractivity contribution in [1.82, 2.24) is 164 Å². The van der Waals surface area contributed by atoms with Crippen LogP contribution in [0.1, 0.15) is 234 Å². The Balaban J connectivity index is 0.0000000973. The summed E-state index contributed by atoms with van der Waals surface area (Å²) in [7, 11) is 0. The Labute approximate surface area is 864 Å². The van der Waals surface area contributed by atoms with E-state index in [0.717, 1.165) is 157 Å². The fraction of sp³-hybridized carbons (Fsp3) is 0.743. The summed E-state index contributed by atoms with van der Waals surface area (Å²) in [4.78, 5) is 99.5.